The van der Waals surface area contributed by atoms with E-state index < -0.39 is 0 Å². The Kier molecular flexibility index (Phi) is 5.51. The van der Waals surface area contributed by atoms with Crippen LogP contribution in [0.2, 0.25) is 0 Å². The Balaban J connectivity index is 1.94. The van der Waals surface area contributed by atoms with Crippen LogP contribution >= 0.6 is 15.9 Å². The van der Waals surface area contributed by atoms with Gasteiger partial charge in [-0.3, -0.25) is 0 Å². The van der Waals surface area contributed by atoms with Gasteiger partial charge in [0, 0.05) is 10.5 Å². The van der Waals surface area contributed by atoms with Crippen molar-refractivity contribution in [1.82, 2.24) is 0 Å². The number of nitrogens with one attached hydrogen (secondary N) is 1. The molecule has 0 aliphatic carbocycles. The van der Waals surface area contributed by atoms with Gasteiger partial charge in [0.25, 0.3) is 0 Å². The van der Waals surface area contributed by atoms with E-state index >= 15 is 0 Å². The van der Waals surface area contributed by atoms with E-state index in [9.17, 15) is 5.11 Å². The number of benzene rings is 2. The summed E-state index contributed by atoms with van der Waals surface area (Å²) in [4.78, 5) is 0. The molecule has 2 N–H and O–H groups in total. The molecule has 0 spiro atoms. The summed E-state index contributed by atoms with van der Waals surface area (Å²) in [5.74, 6) is 1.15. The number of aryl methyl sites for hydroxylation is 1. The van der Waals surface area contributed by atoms with Crippen molar-refractivity contribution in [3.05, 3.63) is 52.5 Å². The maximum Gasteiger partial charge on any atom is 0.142 e. The fourth-order valence-corrected chi connectivity index (χ4v) is 2.54. The van der Waals surface area contributed by atoms with Gasteiger partial charge in [-0.05, 0) is 55.7 Å². The van der Waals surface area contributed by atoms with Gasteiger partial charge in [0.05, 0.1) is 12.8 Å². The molecule has 0 saturated carbocycles. The Bertz CT molecular complexity index is 584. The van der Waals surface area contributed by atoms with Crippen molar-refractivity contribution in [3.63, 3.8) is 0 Å². The average Bonchev–Trinajstić information content (AvgIpc) is 2.47. The van der Waals surface area contributed by atoms with Gasteiger partial charge in [-0.1, -0.05) is 28.1 Å². The van der Waals surface area contributed by atoms with Crippen LogP contribution in [0.15, 0.2) is 46.9 Å². The highest BCUT2D eigenvalue weighted by Crippen LogP contribution is 2.28. The lowest BCUT2D eigenvalue weighted by atomic mass is 10.1. The molecule has 2 aromatic rings. The lowest BCUT2D eigenvalue weighted by molar-refractivity contribution is 0.416. The predicted octanol–water partition coefficient (Wildman–Crippen LogP) is 4.60. The summed E-state index contributed by atoms with van der Waals surface area (Å²) in [6.45, 7) is 2.15. The van der Waals surface area contributed by atoms with Crippen LogP contribution in [-0.4, -0.2) is 18.3 Å². The van der Waals surface area contributed by atoms with Crippen LogP contribution in [0.4, 0.5) is 5.69 Å². The zero-order valence-corrected chi connectivity index (χ0v) is 13.9. The summed E-state index contributed by atoms with van der Waals surface area (Å²) in [6, 6.07) is 13.6. The minimum Gasteiger partial charge on any atom is -0.508 e. The number of aromatic hydroxyl groups is 1. The third kappa shape index (κ3) is 4.67. The van der Waals surface area contributed by atoms with Crippen LogP contribution < -0.4 is 10.1 Å². The summed E-state index contributed by atoms with van der Waals surface area (Å²) in [5.41, 5.74) is 2.22. The summed E-state index contributed by atoms with van der Waals surface area (Å²) in [7, 11) is 1.68. The Hall–Kier alpha value is -1.68. The molecule has 1 atom stereocenters. The maximum absolute atomic E-state index is 9.28. The van der Waals surface area contributed by atoms with Gasteiger partial charge in [-0.2, -0.15) is 0 Å². The van der Waals surface area contributed by atoms with Crippen molar-refractivity contribution >= 4 is 21.6 Å². The molecule has 0 aromatic heterocycles. The highest BCUT2D eigenvalue weighted by atomic mass is 79.9. The van der Waals surface area contributed by atoms with Crippen molar-refractivity contribution in [1.29, 1.82) is 0 Å². The molecule has 0 saturated heterocycles. The zero-order valence-electron chi connectivity index (χ0n) is 12.3. The number of ether oxygens (including phenoxy) is 1. The predicted molar refractivity (Wildman–Crippen MR) is 90.2 cm³/mol. The van der Waals surface area contributed by atoms with Gasteiger partial charge in [0.15, 0.2) is 0 Å². The molecule has 2 rings (SSSR count). The molecular formula is C17H20BrNO2. The molecule has 0 amide bonds. The quantitative estimate of drug-likeness (QED) is 0.800. The van der Waals surface area contributed by atoms with E-state index in [2.05, 4.69) is 28.2 Å². The van der Waals surface area contributed by atoms with Crippen molar-refractivity contribution in [3.8, 4) is 11.5 Å². The van der Waals surface area contributed by atoms with Gasteiger partial charge < -0.3 is 15.2 Å². The van der Waals surface area contributed by atoms with Crippen LogP contribution in [0.1, 0.15) is 18.9 Å². The number of phenols is 1. The van der Waals surface area contributed by atoms with E-state index in [1.165, 1.54) is 5.56 Å². The molecule has 112 valence electrons. The first kappa shape index (κ1) is 15.7. The smallest absolute Gasteiger partial charge is 0.142 e. The van der Waals surface area contributed by atoms with Gasteiger partial charge in [0.2, 0.25) is 0 Å². The third-order valence-corrected chi connectivity index (χ3v) is 3.86. The molecule has 0 aliphatic rings. The maximum atomic E-state index is 9.28. The van der Waals surface area contributed by atoms with Crippen LogP contribution in [0, 0.1) is 0 Å². The number of halogens is 1. The molecule has 1 unspecified atom stereocenters. The summed E-state index contributed by atoms with van der Waals surface area (Å²) < 4.78 is 6.39. The number of hydrogen-bond donors (Lipinski definition) is 2. The second-order valence-corrected chi connectivity index (χ2v) is 6.01. The molecule has 0 heterocycles. The van der Waals surface area contributed by atoms with E-state index in [4.69, 9.17) is 4.74 Å². The van der Waals surface area contributed by atoms with Crippen molar-refractivity contribution in [2.24, 2.45) is 0 Å². The summed E-state index contributed by atoms with van der Waals surface area (Å²) in [5, 5.41) is 12.8. The van der Waals surface area contributed by atoms with Crippen LogP contribution in [0.25, 0.3) is 0 Å². The standard InChI is InChI=1S/C17H20BrNO2/c1-12(3-4-13-5-8-15(20)9-6-13)19-16-11-14(18)7-10-17(16)21-2/h5-12,19-20H,3-4H2,1-2H3. The Morgan fingerprint density at radius 1 is 1.19 bits per heavy atom. The van der Waals surface area contributed by atoms with E-state index in [1.54, 1.807) is 19.2 Å². The van der Waals surface area contributed by atoms with E-state index in [0.717, 1.165) is 28.8 Å². The zero-order chi connectivity index (χ0) is 15.2. The SMILES string of the molecule is COc1ccc(Br)cc1NC(C)CCc1ccc(O)cc1. The number of methoxy groups -OCH3 is 1. The highest BCUT2D eigenvalue weighted by molar-refractivity contribution is 9.10. The van der Waals surface area contributed by atoms with Crippen molar-refractivity contribution in [2.45, 2.75) is 25.8 Å². The lowest BCUT2D eigenvalue weighted by Gasteiger charge is -2.18. The molecule has 0 aliphatic heterocycles. The van der Waals surface area contributed by atoms with E-state index in [-0.39, 0.29) is 0 Å². The summed E-state index contributed by atoms with van der Waals surface area (Å²) >= 11 is 3.48. The van der Waals surface area contributed by atoms with Crippen LogP contribution in [0.5, 0.6) is 11.5 Å². The Morgan fingerprint density at radius 3 is 2.57 bits per heavy atom. The van der Waals surface area contributed by atoms with Crippen molar-refractivity contribution < 1.29 is 9.84 Å². The lowest BCUT2D eigenvalue weighted by Crippen LogP contribution is -2.16. The molecule has 0 bridgehead atoms. The molecule has 2 aromatic carbocycles. The van der Waals surface area contributed by atoms with E-state index in [1.807, 2.05) is 30.3 Å². The second kappa shape index (κ2) is 7.36. The fraction of sp³-hybridized carbons (Fsp3) is 0.294. The average molecular weight is 350 g/mol. The monoisotopic (exact) mass is 349 g/mol. The topological polar surface area (TPSA) is 41.5 Å². The van der Waals surface area contributed by atoms with Crippen LogP contribution in [-0.2, 0) is 6.42 Å². The van der Waals surface area contributed by atoms with Gasteiger partial charge in [-0.15, -0.1) is 0 Å². The summed E-state index contributed by atoms with van der Waals surface area (Å²) in [6.07, 6.45) is 1.96. The largest absolute Gasteiger partial charge is 0.508 e. The van der Waals surface area contributed by atoms with E-state index in [0.29, 0.717) is 11.8 Å². The van der Waals surface area contributed by atoms with Crippen molar-refractivity contribution in [2.75, 3.05) is 12.4 Å². The second-order valence-electron chi connectivity index (χ2n) is 5.10. The third-order valence-electron chi connectivity index (χ3n) is 3.37. The molecule has 21 heavy (non-hydrogen) atoms. The fourth-order valence-electron chi connectivity index (χ4n) is 2.18. The van der Waals surface area contributed by atoms with Crippen LogP contribution in [0.3, 0.4) is 0 Å². The molecule has 0 radical (unpaired) electrons. The number of rotatable bonds is 6. The normalized spacial score (nSPS) is 12.0. The minimum absolute atomic E-state index is 0.309. The molecule has 3 nitrogen and oxygen atoms in total. The Morgan fingerprint density at radius 2 is 1.90 bits per heavy atom. The number of anilines is 1. The van der Waals surface area contributed by atoms with Gasteiger partial charge in [-0.25, -0.2) is 0 Å². The first-order chi connectivity index (χ1) is 10.1. The first-order valence-electron chi connectivity index (χ1n) is 6.96. The number of phenolic OH excluding ortho intramolecular Hbond substituents is 1. The first-order valence-corrected chi connectivity index (χ1v) is 7.76. The molecule has 4 heteroatoms. The Labute approximate surface area is 134 Å². The molecular weight excluding hydrogens is 330 g/mol. The molecule has 0 fully saturated rings. The minimum atomic E-state index is 0.309. The number of hydrogen-bond acceptors (Lipinski definition) is 3. The van der Waals surface area contributed by atoms with Gasteiger partial charge >= 0.3 is 0 Å². The highest BCUT2D eigenvalue weighted by Gasteiger charge is 2.08. The van der Waals surface area contributed by atoms with Gasteiger partial charge in [0.1, 0.15) is 11.5 Å².